The minimum Gasteiger partial charge on any atom is -0.376 e. The van der Waals surface area contributed by atoms with Crippen molar-refractivity contribution in [3.63, 3.8) is 0 Å². The highest BCUT2D eigenvalue weighted by atomic mass is 16.5. The van der Waals surface area contributed by atoms with E-state index in [0.717, 1.165) is 51.7 Å². The first kappa shape index (κ1) is 14.3. The van der Waals surface area contributed by atoms with E-state index in [2.05, 4.69) is 22.0 Å². The molecule has 1 unspecified atom stereocenters. The second-order valence-electron chi connectivity index (χ2n) is 6.53. The van der Waals surface area contributed by atoms with Crippen molar-refractivity contribution in [2.45, 2.75) is 50.8 Å². The zero-order valence-electron chi connectivity index (χ0n) is 12.5. The lowest BCUT2D eigenvalue weighted by Crippen LogP contribution is -2.50. The van der Waals surface area contributed by atoms with Gasteiger partial charge in [0.15, 0.2) is 0 Å². The van der Waals surface area contributed by atoms with Crippen molar-refractivity contribution in [2.75, 3.05) is 39.3 Å². The number of ether oxygens (including phenoxy) is 1. The lowest BCUT2D eigenvalue weighted by atomic mass is 10.0. The lowest BCUT2D eigenvalue weighted by molar-refractivity contribution is -0.125. The van der Waals surface area contributed by atoms with Crippen LogP contribution in [0.3, 0.4) is 0 Å². The van der Waals surface area contributed by atoms with E-state index in [0.29, 0.717) is 12.6 Å². The maximum atomic E-state index is 12.1. The van der Waals surface area contributed by atoms with Crippen molar-refractivity contribution in [3.05, 3.63) is 0 Å². The number of carbonyl (C=O) groups is 1. The smallest absolute Gasteiger partial charge is 0.234 e. The molecule has 2 heterocycles. The molecule has 2 saturated heterocycles. The van der Waals surface area contributed by atoms with Crippen LogP contribution in [0.15, 0.2) is 0 Å². The first-order chi connectivity index (χ1) is 9.70. The number of piperidine rings is 1. The summed E-state index contributed by atoms with van der Waals surface area (Å²) in [5, 5.41) is 3.21. The van der Waals surface area contributed by atoms with Crippen molar-refractivity contribution >= 4 is 5.91 Å². The van der Waals surface area contributed by atoms with Crippen LogP contribution in [0.1, 0.15) is 32.6 Å². The molecular weight excluding hydrogens is 254 g/mol. The molecule has 0 bridgehead atoms. The topological polar surface area (TPSA) is 44.8 Å². The largest absolute Gasteiger partial charge is 0.376 e. The first-order valence-electron chi connectivity index (χ1n) is 8.08. The molecule has 20 heavy (non-hydrogen) atoms. The number of nitrogens with zero attached hydrogens (tertiary/aromatic N) is 2. The van der Waals surface area contributed by atoms with Crippen LogP contribution in [-0.2, 0) is 9.53 Å². The van der Waals surface area contributed by atoms with E-state index in [1.165, 1.54) is 12.8 Å². The molecule has 0 aromatic heterocycles. The number of amides is 1. The molecule has 5 nitrogen and oxygen atoms in total. The van der Waals surface area contributed by atoms with E-state index in [4.69, 9.17) is 4.74 Å². The Morgan fingerprint density at radius 2 is 1.95 bits per heavy atom. The molecular formula is C15H27N3O2. The molecule has 1 saturated carbocycles. The summed E-state index contributed by atoms with van der Waals surface area (Å²) in [5.41, 5.74) is 0. The average Bonchev–Trinajstić information content (AvgIpc) is 3.24. The maximum Gasteiger partial charge on any atom is 0.234 e. The molecule has 5 heteroatoms. The Bertz CT molecular complexity index is 338. The van der Waals surface area contributed by atoms with E-state index in [1.807, 2.05) is 0 Å². The van der Waals surface area contributed by atoms with Gasteiger partial charge in [-0.05, 0) is 32.6 Å². The predicted molar refractivity (Wildman–Crippen MR) is 77.6 cm³/mol. The van der Waals surface area contributed by atoms with Crippen LogP contribution in [0.2, 0.25) is 0 Å². The number of nitrogens with one attached hydrogen (secondary N) is 1. The predicted octanol–water partition coefficient (Wildman–Crippen LogP) is 0.450. The summed E-state index contributed by atoms with van der Waals surface area (Å²) in [5.74, 6) is 0.184. The van der Waals surface area contributed by atoms with Crippen LogP contribution >= 0.6 is 0 Å². The first-order valence-corrected chi connectivity index (χ1v) is 8.08. The standard InChI is InChI=1S/C15H27N3O2/c1-12-10-17(8-9-20-12)11-15(19)16-13-4-6-18(7-5-13)14-2-3-14/h12-14H,2-11H2,1H3,(H,16,19). The fraction of sp³-hybridized carbons (Fsp3) is 0.933. The number of rotatable bonds is 4. The van der Waals surface area contributed by atoms with Gasteiger partial charge in [0.25, 0.3) is 0 Å². The highest BCUT2D eigenvalue weighted by Gasteiger charge is 2.32. The third-order valence-corrected chi connectivity index (χ3v) is 4.65. The Balaban J connectivity index is 1.36. The summed E-state index contributed by atoms with van der Waals surface area (Å²) in [4.78, 5) is 16.9. The van der Waals surface area contributed by atoms with Gasteiger partial charge in [0.05, 0.1) is 19.3 Å². The van der Waals surface area contributed by atoms with Gasteiger partial charge in [-0.25, -0.2) is 0 Å². The van der Waals surface area contributed by atoms with Gasteiger partial charge in [0.2, 0.25) is 5.91 Å². The number of hydrogen-bond donors (Lipinski definition) is 1. The minimum atomic E-state index is 0.184. The summed E-state index contributed by atoms with van der Waals surface area (Å²) < 4.78 is 5.50. The van der Waals surface area contributed by atoms with Crippen LogP contribution in [0.5, 0.6) is 0 Å². The van der Waals surface area contributed by atoms with E-state index in [-0.39, 0.29) is 12.0 Å². The maximum absolute atomic E-state index is 12.1. The monoisotopic (exact) mass is 281 g/mol. The Morgan fingerprint density at radius 3 is 2.60 bits per heavy atom. The number of morpholine rings is 1. The van der Waals surface area contributed by atoms with Gasteiger partial charge in [-0.1, -0.05) is 0 Å². The quantitative estimate of drug-likeness (QED) is 0.813. The van der Waals surface area contributed by atoms with E-state index < -0.39 is 0 Å². The lowest BCUT2D eigenvalue weighted by Gasteiger charge is -2.34. The zero-order valence-corrected chi connectivity index (χ0v) is 12.5. The number of likely N-dealkylation sites (tertiary alicyclic amines) is 1. The molecule has 2 aliphatic heterocycles. The van der Waals surface area contributed by atoms with Crippen molar-refractivity contribution in [1.29, 1.82) is 0 Å². The van der Waals surface area contributed by atoms with Gasteiger partial charge in [-0.2, -0.15) is 0 Å². The van der Waals surface area contributed by atoms with Gasteiger partial charge in [-0.3, -0.25) is 9.69 Å². The van der Waals surface area contributed by atoms with Crippen LogP contribution < -0.4 is 5.32 Å². The summed E-state index contributed by atoms with van der Waals surface area (Å²) in [6.07, 6.45) is 5.24. The third kappa shape index (κ3) is 3.93. The fourth-order valence-corrected chi connectivity index (χ4v) is 3.36. The molecule has 3 rings (SSSR count). The van der Waals surface area contributed by atoms with Crippen molar-refractivity contribution < 1.29 is 9.53 Å². The van der Waals surface area contributed by atoms with Gasteiger partial charge >= 0.3 is 0 Å². The highest BCUT2D eigenvalue weighted by Crippen LogP contribution is 2.29. The molecule has 3 fully saturated rings. The second kappa shape index (κ2) is 6.41. The van der Waals surface area contributed by atoms with Crippen molar-refractivity contribution in [2.24, 2.45) is 0 Å². The second-order valence-corrected chi connectivity index (χ2v) is 6.53. The molecule has 1 atom stereocenters. The molecule has 0 aromatic carbocycles. The average molecular weight is 281 g/mol. The van der Waals surface area contributed by atoms with Gasteiger partial charge in [0.1, 0.15) is 0 Å². The van der Waals surface area contributed by atoms with Gasteiger partial charge in [-0.15, -0.1) is 0 Å². The molecule has 1 aliphatic carbocycles. The molecule has 1 N–H and O–H groups in total. The Labute approximate surface area is 121 Å². The normalized spacial score (nSPS) is 30.4. The molecule has 0 radical (unpaired) electrons. The van der Waals surface area contributed by atoms with E-state index in [9.17, 15) is 4.79 Å². The van der Waals surface area contributed by atoms with E-state index in [1.54, 1.807) is 0 Å². The summed E-state index contributed by atoms with van der Waals surface area (Å²) in [6.45, 7) is 7.39. The van der Waals surface area contributed by atoms with Gasteiger partial charge in [0, 0.05) is 38.3 Å². The van der Waals surface area contributed by atoms with Crippen molar-refractivity contribution in [1.82, 2.24) is 15.1 Å². The SMILES string of the molecule is CC1CN(CC(=O)NC2CCN(C3CC3)CC2)CCO1. The summed E-state index contributed by atoms with van der Waals surface area (Å²) >= 11 is 0. The van der Waals surface area contributed by atoms with Crippen LogP contribution in [0, 0.1) is 0 Å². The van der Waals surface area contributed by atoms with Crippen LogP contribution in [0.4, 0.5) is 0 Å². The van der Waals surface area contributed by atoms with Gasteiger partial charge < -0.3 is 15.0 Å². The van der Waals surface area contributed by atoms with Crippen molar-refractivity contribution in [3.8, 4) is 0 Å². The van der Waals surface area contributed by atoms with Crippen LogP contribution in [-0.4, -0.2) is 73.2 Å². The minimum absolute atomic E-state index is 0.184. The molecule has 0 spiro atoms. The third-order valence-electron chi connectivity index (χ3n) is 4.65. The van der Waals surface area contributed by atoms with Crippen LogP contribution in [0.25, 0.3) is 0 Å². The summed E-state index contributed by atoms with van der Waals surface area (Å²) in [6, 6.07) is 1.25. The zero-order chi connectivity index (χ0) is 13.9. The Hall–Kier alpha value is -0.650. The van der Waals surface area contributed by atoms with E-state index >= 15 is 0 Å². The Morgan fingerprint density at radius 1 is 1.20 bits per heavy atom. The highest BCUT2D eigenvalue weighted by molar-refractivity contribution is 5.78. The fourth-order valence-electron chi connectivity index (χ4n) is 3.36. The number of hydrogen-bond acceptors (Lipinski definition) is 4. The Kier molecular flexibility index (Phi) is 4.58. The summed E-state index contributed by atoms with van der Waals surface area (Å²) in [7, 11) is 0. The molecule has 0 aromatic rings. The molecule has 1 amide bonds. The molecule has 114 valence electrons. The molecule has 3 aliphatic rings. The number of carbonyl (C=O) groups excluding carboxylic acids is 1.